The molecule has 12 heteroatoms. The number of rotatable bonds is 8. The van der Waals surface area contributed by atoms with Gasteiger partial charge < -0.3 is 20.1 Å². The Bertz CT molecular complexity index is 1760. The van der Waals surface area contributed by atoms with Crippen molar-refractivity contribution in [1.29, 1.82) is 0 Å². The van der Waals surface area contributed by atoms with E-state index in [1.54, 1.807) is 6.21 Å². The van der Waals surface area contributed by atoms with Gasteiger partial charge in [-0.3, -0.25) is 9.89 Å². The van der Waals surface area contributed by atoms with Gasteiger partial charge in [-0.25, -0.2) is 17.6 Å². The first-order valence-corrected chi connectivity index (χ1v) is 15.6. The number of hydrogen-bond acceptors (Lipinski definition) is 8. The van der Waals surface area contributed by atoms with Crippen molar-refractivity contribution in [1.82, 2.24) is 20.2 Å². The number of nitrogens with zero attached hydrogens (tertiary/aromatic N) is 5. The number of aliphatic imine (C=N–C) groups is 1. The van der Waals surface area contributed by atoms with Crippen LogP contribution in [-0.4, -0.2) is 83.0 Å². The lowest BCUT2D eigenvalue weighted by Crippen LogP contribution is -2.51. The van der Waals surface area contributed by atoms with Crippen LogP contribution in [-0.2, 0) is 6.54 Å². The summed E-state index contributed by atoms with van der Waals surface area (Å²) in [6.07, 6.45) is 10.4. The molecule has 0 spiro atoms. The molecule has 3 aromatic rings. The summed E-state index contributed by atoms with van der Waals surface area (Å²) in [4.78, 5) is 18.3. The van der Waals surface area contributed by atoms with Gasteiger partial charge in [-0.05, 0) is 79.8 Å². The van der Waals surface area contributed by atoms with Crippen molar-refractivity contribution < 1.29 is 27.4 Å². The molecule has 4 aliphatic rings. The van der Waals surface area contributed by atoms with Crippen LogP contribution in [0.25, 0.3) is 10.8 Å². The van der Waals surface area contributed by atoms with Crippen LogP contribution >= 0.6 is 0 Å². The van der Waals surface area contributed by atoms with Crippen molar-refractivity contribution in [2.45, 2.75) is 62.7 Å². The number of fused-ring (bicyclic) bond motifs is 4. The third kappa shape index (κ3) is 5.78. The van der Waals surface area contributed by atoms with E-state index in [0.717, 1.165) is 44.4 Å². The number of aromatic nitrogens is 2. The van der Waals surface area contributed by atoms with Crippen molar-refractivity contribution >= 4 is 22.8 Å². The molecule has 46 heavy (non-hydrogen) atoms. The minimum absolute atomic E-state index is 0.0461. The van der Waals surface area contributed by atoms with Crippen LogP contribution in [0.3, 0.4) is 0 Å². The molecule has 2 N–H and O–H groups in total. The predicted octanol–water partition coefficient (Wildman–Crippen LogP) is 4.96. The zero-order valence-corrected chi connectivity index (χ0v) is 25.2. The zero-order valence-electron chi connectivity index (χ0n) is 25.2. The second kappa shape index (κ2) is 12.2. The van der Waals surface area contributed by atoms with E-state index in [1.807, 2.05) is 0 Å². The number of hydrogen-bond donors (Lipinski definition) is 2. The number of halogens is 4. The van der Waals surface area contributed by atoms with Crippen LogP contribution < -0.4 is 15.0 Å². The van der Waals surface area contributed by atoms with Crippen molar-refractivity contribution in [3.8, 4) is 24.1 Å². The number of phenols is 1. The van der Waals surface area contributed by atoms with Crippen LogP contribution in [0.2, 0.25) is 0 Å². The predicted molar refractivity (Wildman–Crippen MR) is 167 cm³/mol. The maximum absolute atomic E-state index is 14.8. The highest BCUT2D eigenvalue weighted by atomic mass is 19.3. The summed E-state index contributed by atoms with van der Waals surface area (Å²) in [6, 6.07) is 5.85. The van der Waals surface area contributed by atoms with E-state index in [2.05, 4.69) is 31.0 Å². The van der Waals surface area contributed by atoms with E-state index >= 15 is 0 Å². The maximum Gasteiger partial charge on any atom is 0.319 e. The smallest absolute Gasteiger partial charge is 0.319 e. The number of piperazine rings is 1. The SMILES string of the molecule is C#Cc1nc(OCC23CCCN2C/C(=C\C(F)F)C3)nc(N2CC3CCC(C2)N3)c1C=NCc1cc(O)cc2ccc(F)c(F)c12. The lowest BCUT2D eigenvalue weighted by molar-refractivity contribution is 0.107. The Hall–Kier alpha value is -4.21. The summed E-state index contributed by atoms with van der Waals surface area (Å²) in [6.45, 7) is 2.88. The highest BCUT2D eigenvalue weighted by Gasteiger charge is 2.47. The molecule has 3 atom stereocenters. The van der Waals surface area contributed by atoms with Gasteiger partial charge in [0, 0.05) is 43.3 Å². The van der Waals surface area contributed by atoms with Gasteiger partial charge in [0.25, 0.3) is 6.43 Å². The van der Waals surface area contributed by atoms with Gasteiger partial charge in [0.05, 0.1) is 17.6 Å². The van der Waals surface area contributed by atoms with Gasteiger partial charge in [0.15, 0.2) is 11.6 Å². The van der Waals surface area contributed by atoms with Crippen LogP contribution in [0.15, 0.2) is 40.9 Å². The van der Waals surface area contributed by atoms with Gasteiger partial charge in [0.2, 0.25) is 0 Å². The molecule has 1 aromatic heterocycles. The van der Waals surface area contributed by atoms with Gasteiger partial charge in [-0.15, -0.1) is 6.42 Å². The number of benzene rings is 2. The molecule has 0 saturated carbocycles. The van der Waals surface area contributed by atoms with Crippen molar-refractivity contribution in [3.63, 3.8) is 0 Å². The Morgan fingerprint density at radius 1 is 1.20 bits per heavy atom. The Morgan fingerprint density at radius 3 is 2.76 bits per heavy atom. The first-order chi connectivity index (χ1) is 22.2. The van der Waals surface area contributed by atoms with Crippen molar-refractivity contribution in [2.24, 2.45) is 4.99 Å². The molecule has 240 valence electrons. The summed E-state index contributed by atoms with van der Waals surface area (Å²) < 4.78 is 61.4. The number of aromatic hydroxyl groups is 1. The summed E-state index contributed by atoms with van der Waals surface area (Å²) in [5.41, 5.74) is 1.39. The van der Waals surface area contributed by atoms with Crippen LogP contribution in [0, 0.1) is 24.0 Å². The average molecular weight is 635 g/mol. The summed E-state index contributed by atoms with van der Waals surface area (Å²) in [5, 5.41) is 14.2. The third-order valence-corrected chi connectivity index (χ3v) is 9.64. The maximum atomic E-state index is 14.8. The summed E-state index contributed by atoms with van der Waals surface area (Å²) in [7, 11) is 0. The van der Waals surface area contributed by atoms with E-state index < -0.39 is 23.6 Å². The van der Waals surface area contributed by atoms with Crippen LogP contribution in [0.4, 0.5) is 23.4 Å². The fraction of sp³-hybridized carbons (Fsp3) is 0.441. The Kier molecular flexibility index (Phi) is 8.07. The van der Waals surface area contributed by atoms with E-state index in [9.17, 15) is 22.7 Å². The fourth-order valence-corrected chi connectivity index (χ4v) is 7.63. The van der Waals surface area contributed by atoms with E-state index in [1.165, 1.54) is 18.2 Å². The Labute approximate surface area is 264 Å². The number of allylic oxidation sites excluding steroid dienone is 1. The molecule has 5 heterocycles. The third-order valence-electron chi connectivity index (χ3n) is 9.64. The molecule has 4 aliphatic heterocycles. The lowest BCUT2D eigenvalue weighted by Gasteiger charge is -2.35. The van der Waals surface area contributed by atoms with Gasteiger partial charge in [-0.2, -0.15) is 9.97 Å². The second-order valence-corrected chi connectivity index (χ2v) is 12.7. The number of ether oxygens (including phenoxy) is 1. The molecule has 8 nitrogen and oxygen atoms in total. The first kappa shape index (κ1) is 30.4. The molecule has 7 rings (SSSR count). The van der Waals surface area contributed by atoms with Crippen molar-refractivity contribution in [3.05, 3.63) is 64.4 Å². The largest absolute Gasteiger partial charge is 0.508 e. The second-order valence-electron chi connectivity index (χ2n) is 12.7. The summed E-state index contributed by atoms with van der Waals surface area (Å²) in [5.74, 6) is 1.12. The Balaban J connectivity index is 1.21. The quantitative estimate of drug-likeness (QED) is 0.157. The monoisotopic (exact) mass is 634 g/mol. The topological polar surface area (TPSA) is 86.1 Å². The van der Waals surface area contributed by atoms with Crippen LogP contribution in [0.1, 0.15) is 48.9 Å². The fourth-order valence-electron chi connectivity index (χ4n) is 7.63. The molecule has 2 aromatic carbocycles. The molecule has 2 bridgehead atoms. The first-order valence-electron chi connectivity index (χ1n) is 15.6. The molecule has 0 radical (unpaired) electrons. The highest BCUT2D eigenvalue weighted by molar-refractivity contribution is 5.91. The lowest BCUT2D eigenvalue weighted by atomic mass is 9.93. The van der Waals surface area contributed by atoms with E-state index in [0.29, 0.717) is 54.0 Å². The van der Waals surface area contributed by atoms with E-state index in [4.69, 9.17) is 16.1 Å². The minimum atomic E-state index is -2.49. The number of anilines is 1. The standard InChI is InChI=1S/C34H34F4N6O2/c1-2-28-26(15-39-14-22-12-25(45)11-21-4-7-27(35)31(38)30(21)22)32(43-17-23-5-6-24(18-43)40-23)42-33(41-28)46-19-34-8-3-9-44(34)16-20(13-34)10-29(36)37/h1,4,7,10-12,15,23-24,29,40,45H,3,5-6,8-9,13-14,16-19H2/b20-10-,39-15?. The molecule has 0 amide bonds. The van der Waals surface area contributed by atoms with Crippen molar-refractivity contribution in [2.75, 3.05) is 37.7 Å². The van der Waals surface area contributed by atoms with Crippen LogP contribution in [0.5, 0.6) is 11.8 Å². The molecular weight excluding hydrogens is 600 g/mol. The Morgan fingerprint density at radius 2 is 2.00 bits per heavy atom. The minimum Gasteiger partial charge on any atom is -0.508 e. The molecular formula is C34H34F4N6O2. The number of terminal acetylenes is 1. The van der Waals surface area contributed by atoms with Gasteiger partial charge >= 0.3 is 6.01 Å². The van der Waals surface area contributed by atoms with Gasteiger partial charge in [0.1, 0.15) is 23.9 Å². The number of phenolic OH excluding ortho intramolecular Hbond substituents is 1. The molecule has 3 unspecified atom stereocenters. The van der Waals surface area contributed by atoms with Gasteiger partial charge in [-0.1, -0.05) is 11.6 Å². The molecule has 4 saturated heterocycles. The normalized spacial score (nSPS) is 25.3. The zero-order chi connectivity index (χ0) is 32.0. The number of nitrogens with one attached hydrogen (secondary N) is 1. The molecule has 4 fully saturated rings. The highest BCUT2D eigenvalue weighted by Crippen LogP contribution is 2.42. The summed E-state index contributed by atoms with van der Waals surface area (Å²) >= 11 is 0. The molecule has 0 aliphatic carbocycles. The number of alkyl halides is 2. The average Bonchev–Trinajstić information content (AvgIpc) is 3.68. The van der Waals surface area contributed by atoms with E-state index in [-0.39, 0.29) is 48.1 Å².